The molecule has 148 valence electrons. The molecule has 1 aliphatic carbocycles. The number of carbonyl (C=O) groups excluding carboxylic acids is 3. The highest BCUT2D eigenvalue weighted by molar-refractivity contribution is 5.90. The number of ether oxygens (including phenoxy) is 1. The molecule has 0 heterocycles. The van der Waals surface area contributed by atoms with Crippen LogP contribution >= 0.6 is 0 Å². The minimum absolute atomic E-state index is 0.0831. The quantitative estimate of drug-likeness (QED) is 0.242. The summed E-state index contributed by atoms with van der Waals surface area (Å²) < 4.78 is 4.92. The van der Waals surface area contributed by atoms with Crippen LogP contribution in [0.5, 0.6) is 0 Å². The van der Waals surface area contributed by atoms with Crippen LogP contribution in [0.3, 0.4) is 0 Å². The Hall–Kier alpha value is -1.45. The zero-order chi connectivity index (χ0) is 19.2. The van der Waals surface area contributed by atoms with Gasteiger partial charge in [-0.25, -0.2) is 0 Å². The molecule has 0 amide bonds. The van der Waals surface area contributed by atoms with E-state index < -0.39 is 0 Å². The second-order valence-corrected chi connectivity index (χ2v) is 7.32. The summed E-state index contributed by atoms with van der Waals surface area (Å²) in [5.74, 6) is 0.740. The lowest BCUT2D eigenvalue weighted by Gasteiger charge is -2.14. The van der Waals surface area contributed by atoms with E-state index in [1.165, 1.54) is 0 Å². The van der Waals surface area contributed by atoms with Gasteiger partial charge in [-0.3, -0.25) is 14.4 Å². The Morgan fingerprint density at radius 3 is 2.50 bits per heavy atom. The van der Waals surface area contributed by atoms with Gasteiger partial charge in [0.15, 0.2) is 5.78 Å². The molecule has 4 nitrogen and oxygen atoms in total. The van der Waals surface area contributed by atoms with Crippen LogP contribution in [0.25, 0.3) is 0 Å². The van der Waals surface area contributed by atoms with Crippen molar-refractivity contribution < 1.29 is 19.1 Å². The van der Waals surface area contributed by atoms with E-state index in [1.807, 2.05) is 13.0 Å². The molecular formula is C22H36O4. The molecule has 0 radical (unpaired) electrons. The van der Waals surface area contributed by atoms with Gasteiger partial charge in [0.1, 0.15) is 5.78 Å². The summed E-state index contributed by atoms with van der Waals surface area (Å²) in [6.07, 6.45) is 14.3. The third-order valence-electron chi connectivity index (χ3n) is 5.16. The number of rotatable bonds is 14. The summed E-state index contributed by atoms with van der Waals surface area (Å²) in [6.45, 7) is 4.39. The number of Topliss-reactive ketones (excluding diaryl/α,β-unsaturated/α-hetero) is 1. The van der Waals surface area contributed by atoms with Gasteiger partial charge in [0, 0.05) is 25.2 Å². The molecule has 1 saturated carbocycles. The van der Waals surface area contributed by atoms with Crippen molar-refractivity contribution in [2.75, 3.05) is 6.61 Å². The molecule has 2 atom stereocenters. The summed E-state index contributed by atoms with van der Waals surface area (Å²) in [6, 6.07) is 0. The molecule has 0 aromatic heterocycles. The topological polar surface area (TPSA) is 60.4 Å². The molecule has 0 aromatic rings. The molecule has 0 spiro atoms. The van der Waals surface area contributed by atoms with Gasteiger partial charge in [0.25, 0.3) is 0 Å². The molecule has 0 N–H and O–H groups in total. The SMILES string of the molecule is CCCCCC(=O)/C=C/[C@H]1CCC(=O)[C@H]1CCCCCCC(=O)OCC. The highest BCUT2D eigenvalue weighted by Gasteiger charge is 2.32. The van der Waals surface area contributed by atoms with Crippen molar-refractivity contribution in [2.45, 2.75) is 90.9 Å². The van der Waals surface area contributed by atoms with Gasteiger partial charge in [-0.05, 0) is 44.6 Å². The molecule has 4 heteroatoms. The predicted octanol–water partition coefficient (Wildman–Crippen LogP) is 5.19. The van der Waals surface area contributed by atoms with Gasteiger partial charge in [0.2, 0.25) is 0 Å². The zero-order valence-corrected chi connectivity index (χ0v) is 16.6. The lowest BCUT2D eigenvalue weighted by Crippen LogP contribution is -2.13. The third kappa shape index (κ3) is 9.30. The zero-order valence-electron chi connectivity index (χ0n) is 16.6. The summed E-state index contributed by atoms with van der Waals surface area (Å²) in [5, 5.41) is 0. The van der Waals surface area contributed by atoms with E-state index in [0.29, 0.717) is 31.7 Å². The maximum atomic E-state index is 12.1. The van der Waals surface area contributed by atoms with Gasteiger partial charge in [-0.15, -0.1) is 0 Å². The first kappa shape index (κ1) is 22.6. The molecule has 1 rings (SSSR count). The number of esters is 1. The van der Waals surface area contributed by atoms with Crippen molar-refractivity contribution in [1.29, 1.82) is 0 Å². The van der Waals surface area contributed by atoms with E-state index in [9.17, 15) is 14.4 Å². The Balaban J connectivity index is 2.25. The lowest BCUT2D eigenvalue weighted by molar-refractivity contribution is -0.143. The van der Waals surface area contributed by atoms with Crippen molar-refractivity contribution in [3.05, 3.63) is 12.2 Å². The van der Waals surface area contributed by atoms with E-state index in [-0.39, 0.29) is 23.6 Å². The molecular weight excluding hydrogens is 328 g/mol. The second kappa shape index (κ2) is 13.7. The Labute approximate surface area is 158 Å². The Morgan fingerprint density at radius 2 is 1.77 bits per heavy atom. The van der Waals surface area contributed by atoms with Crippen LogP contribution in [0.1, 0.15) is 90.9 Å². The van der Waals surface area contributed by atoms with Crippen LogP contribution < -0.4 is 0 Å². The summed E-state index contributed by atoms with van der Waals surface area (Å²) in [4.78, 5) is 35.3. The highest BCUT2D eigenvalue weighted by atomic mass is 16.5. The number of hydrogen-bond acceptors (Lipinski definition) is 4. The number of carbonyl (C=O) groups is 3. The van der Waals surface area contributed by atoms with E-state index in [1.54, 1.807) is 6.08 Å². The van der Waals surface area contributed by atoms with Crippen molar-refractivity contribution >= 4 is 17.5 Å². The van der Waals surface area contributed by atoms with Crippen LogP contribution in [0, 0.1) is 11.8 Å². The first-order valence-corrected chi connectivity index (χ1v) is 10.5. The highest BCUT2D eigenvalue weighted by Crippen LogP contribution is 2.33. The first-order valence-electron chi connectivity index (χ1n) is 10.5. The largest absolute Gasteiger partial charge is 0.466 e. The van der Waals surface area contributed by atoms with E-state index >= 15 is 0 Å². The number of ketones is 2. The molecule has 26 heavy (non-hydrogen) atoms. The molecule has 0 saturated heterocycles. The number of allylic oxidation sites excluding steroid dienone is 2. The lowest BCUT2D eigenvalue weighted by atomic mass is 9.89. The predicted molar refractivity (Wildman–Crippen MR) is 104 cm³/mol. The molecule has 1 aliphatic rings. The normalized spacial score (nSPS) is 20.0. The minimum atomic E-state index is -0.118. The van der Waals surface area contributed by atoms with Crippen LogP contribution in [0.2, 0.25) is 0 Å². The average Bonchev–Trinajstić information content (AvgIpc) is 2.96. The maximum Gasteiger partial charge on any atom is 0.305 e. The van der Waals surface area contributed by atoms with E-state index in [2.05, 4.69) is 6.92 Å². The van der Waals surface area contributed by atoms with E-state index in [4.69, 9.17) is 4.74 Å². The molecule has 0 unspecified atom stereocenters. The number of unbranched alkanes of at least 4 members (excludes halogenated alkanes) is 5. The Bertz CT molecular complexity index is 467. The van der Waals surface area contributed by atoms with Crippen LogP contribution in [0.4, 0.5) is 0 Å². The third-order valence-corrected chi connectivity index (χ3v) is 5.16. The fourth-order valence-corrected chi connectivity index (χ4v) is 3.62. The van der Waals surface area contributed by atoms with Gasteiger partial charge in [0.05, 0.1) is 6.61 Å². The second-order valence-electron chi connectivity index (χ2n) is 7.32. The fourth-order valence-electron chi connectivity index (χ4n) is 3.62. The van der Waals surface area contributed by atoms with Crippen molar-refractivity contribution in [1.82, 2.24) is 0 Å². The summed E-state index contributed by atoms with van der Waals surface area (Å²) in [7, 11) is 0. The standard InChI is InChI=1S/C22H36O4/c1-3-5-8-11-19(23)16-14-18-15-17-21(24)20(18)12-9-6-7-10-13-22(25)26-4-2/h14,16,18,20H,3-13,15,17H2,1-2H3/b16-14+/t18-,20-/m0/s1. The Kier molecular flexibility index (Phi) is 11.9. The van der Waals surface area contributed by atoms with Gasteiger partial charge in [-0.1, -0.05) is 45.1 Å². The van der Waals surface area contributed by atoms with Crippen LogP contribution in [-0.2, 0) is 19.1 Å². The minimum Gasteiger partial charge on any atom is -0.466 e. The Morgan fingerprint density at radius 1 is 1.04 bits per heavy atom. The van der Waals surface area contributed by atoms with Crippen molar-refractivity contribution in [2.24, 2.45) is 11.8 Å². The summed E-state index contributed by atoms with van der Waals surface area (Å²) >= 11 is 0. The van der Waals surface area contributed by atoms with E-state index in [0.717, 1.165) is 57.8 Å². The molecule has 0 bridgehead atoms. The molecule has 1 fully saturated rings. The maximum absolute atomic E-state index is 12.1. The van der Waals surface area contributed by atoms with Crippen molar-refractivity contribution in [3.63, 3.8) is 0 Å². The van der Waals surface area contributed by atoms with Crippen LogP contribution in [-0.4, -0.2) is 24.1 Å². The average molecular weight is 365 g/mol. The first-order chi connectivity index (χ1) is 12.6. The van der Waals surface area contributed by atoms with Gasteiger partial charge in [-0.2, -0.15) is 0 Å². The van der Waals surface area contributed by atoms with Crippen molar-refractivity contribution in [3.8, 4) is 0 Å². The molecule has 0 aromatic carbocycles. The molecule has 0 aliphatic heterocycles. The summed E-state index contributed by atoms with van der Waals surface area (Å²) in [5.41, 5.74) is 0. The van der Waals surface area contributed by atoms with Gasteiger partial charge >= 0.3 is 5.97 Å². The van der Waals surface area contributed by atoms with Crippen LogP contribution in [0.15, 0.2) is 12.2 Å². The van der Waals surface area contributed by atoms with Gasteiger partial charge < -0.3 is 4.74 Å². The fraction of sp³-hybridized carbons (Fsp3) is 0.773. The smallest absolute Gasteiger partial charge is 0.305 e. The monoisotopic (exact) mass is 364 g/mol. The number of hydrogen-bond donors (Lipinski definition) is 0.